The summed E-state index contributed by atoms with van der Waals surface area (Å²) >= 11 is 1.72. The molecular weight excluding hydrogens is 256 g/mol. The highest BCUT2D eigenvalue weighted by atomic mass is 32.1. The summed E-state index contributed by atoms with van der Waals surface area (Å²) in [5.41, 5.74) is 2.15. The number of benzene rings is 1. The highest BCUT2D eigenvalue weighted by molar-refractivity contribution is 7.09. The lowest BCUT2D eigenvalue weighted by Gasteiger charge is -2.04. The number of ether oxygens (including phenoxy) is 1. The van der Waals surface area contributed by atoms with Crippen LogP contribution in [0.25, 0.3) is 10.9 Å². The van der Waals surface area contributed by atoms with Crippen molar-refractivity contribution in [3.8, 4) is 5.75 Å². The largest absolute Gasteiger partial charge is 0.487 e. The molecule has 0 aliphatic carbocycles. The van der Waals surface area contributed by atoms with Crippen LogP contribution in [0.4, 0.5) is 0 Å². The van der Waals surface area contributed by atoms with Crippen molar-refractivity contribution in [3.05, 3.63) is 46.5 Å². The van der Waals surface area contributed by atoms with Crippen LogP contribution in [0.3, 0.4) is 0 Å². The SMILES string of the molecule is CCCc1nc(COc2ccc3[nH]ccc3c2)cs1. The first-order valence-corrected chi connectivity index (χ1v) is 7.36. The molecule has 19 heavy (non-hydrogen) atoms. The lowest BCUT2D eigenvalue weighted by atomic mass is 10.2. The van der Waals surface area contributed by atoms with Gasteiger partial charge in [0.15, 0.2) is 0 Å². The Labute approximate surface area is 116 Å². The maximum absolute atomic E-state index is 5.79. The van der Waals surface area contributed by atoms with Gasteiger partial charge in [0.2, 0.25) is 0 Å². The van der Waals surface area contributed by atoms with E-state index in [-0.39, 0.29) is 0 Å². The van der Waals surface area contributed by atoms with Crippen molar-refractivity contribution < 1.29 is 4.74 Å². The average molecular weight is 272 g/mol. The van der Waals surface area contributed by atoms with Gasteiger partial charge in [-0.15, -0.1) is 11.3 Å². The number of hydrogen-bond acceptors (Lipinski definition) is 3. The molecule has 1 aromatic carbocycles. The summed E-state index contributed by atoms with van der Waals surface area (Å²) in [4.78, 5) is 7.73. The number of aromatic nitrogens is 2. The Morgan fingerprint density at radius 1 is 1.32 bits per heavy atom. The van der Waals surface area contributed by atoms with E-state index in [4.69, 9.17) is 4.74 Å². The highest BCUT2D eigenvalue weighted by Crippen LogP contribution is 2.21. The quantitative estimate of drug-likeness (QED) is 0.757. The van der Waals surface area contributed by atoms with Gasteiger partial charge >= 0.3 is 0 Å². The number of fused-ring (bicyclic) bond motifs is 1. The molecule has 0 bridgehead atoms. The lowest BCUT2D eigenvalue weighted by molar-refractivity contribution is 0.302. The maximum atomic E-state index is 5.79. The minimum Gasteiger partial charge on any atom is -0.487 e. The van der Waals surface area contributed by atoms with E-state index in [1.807, 2.05) is 30.5 Å². The molecule has 3 nitrogen and oxygen atoms in total. The van der Waals surface area contributed by atoms with Crippen LogP contribution in [0.5, 0.6) is 5.75 Å². The van der Waals surface area contributed by atoms with Gasteiger partial charge in [-0.1, -0.05) is 6.92 Å². The van der Waals surface area contributed by atoms with Gasteiger partial charge in [0.25, 0.3) is 0 Å². The summed E-state index contributed by atoms with van der Waals surface area (Å²) in [5, 5.41) is 4.45. The predicted octanol–water partition coefficient (Wildman–Crippen LogP) is 4.16. The molecule has 3 aromatic rings. The molecule has 0 aliphatic rings. The average Bonchev–Trinajstić information content (AvgIpc) is 3.04. The zero-order valence-electron chi connectivity index (χ0n) is 10.8. The second-order valence-electron chi connectivity index (χ2n) is 4.50. The summed E-state index contributed by atoms with van der Waals surface area (Å²) in [6, 6.07) is 8.11. The number of thiazole rings is 1. The molecule has 0 saturated heterocycles. The summed E-state index contributed by atoms with van der Waals surface area (Å²) in [6.45, 7) is 2.71. The minimum absolute atomic E-state index is 0.538. The van der Waals surface area contributed by atoms with Crippen LogP contribution in [0.1, 0.15) is 24.0 Å². The van der Waals surface area contributed by atoms with Crippen LogP contribution in [0.2, 0.25) is 0 Å². The third-order valence-corrected chi connectivity index (χ3v) is 3.93. The van der Waals surface area contributed by atoms with Crippen LogP contribution in [-0.2, 0) is 13.0 Å². The fourth-order valence-corrected chi connectivity index (χ4v) is 2.91. The molecule has 4 heteroatoms. The first-order chi connectivity index (χ1) is 9.35. The van der Waals surface area contributed by atoms with Crippen LogP contribution in [0.15, 0.2) is 35.8 Å². The van der Waals surface area contributed by atoms with Gasteiger partial charge < -0.3 is 9.72 Å². The molecule has 0 atom stereocenters. The number of aromatic amines is 1. The molecule has 0 radical (unpaired) electrons. The minimum atomic E-state index is 0.538. The van der Waals surface area contributed by atoms with Gasteiger partial charge in [-0.25, -0.2) is 4.98 Å². The van der Waals surface area contributed by atoms with E-state index in [9.17, 15) is 0 Å². The molecule has 98 valence electrons. The molecule has 0 spiro atoms. The topological polar surface area (TPSA) is 37.9 Å². The summed E-state index contributed by atoms with van der Waals surface area (Å²) < 4.78 is 5.79. The van der Waals surface area contributed by atoms with Crippen molar-refractivity contribution >= 4 is 22.2 Å². The maximum Gasteiger partial charge on any atom is 0.131 e. The molecule has 0 aliphatic heterocycles. The molecule has 2 heterocycles. The Morgan fingerprint density at radius 2 is 2.26 bits per heavy atom. The van der Waals surface area contributed by atoms with Crippen LogP contribution < -0.4 is 4.74 Å². The van der Waals surface area contributed by atoms with Gasteiger partial charge in [-0.2, -0.15) is 0 Å². The molecule has 0 unspecified atom stereocenters. The van der Waals surface area contributed by atoms with Crippen LogP contribution >= 0.6 is 11.3 Å². The Hall–Kier alpha value is -1.81. The normalized spacial score (nSPS) is 11.0. The fourth-order valence-electron chi connectivity index (χ4n) is 2.02. The number of hydrogen-bond donors (Lipinski definition) is 1. The summed E-state index contributed by atoms with van der Waals surface area (Å²) in [6.07, 6.45) is 4.13. The molecule has 1 N–H and O–H groups in total. The van der Waals surface area contributed by atoms with Gasteiger partial charge in [0.1, 0.15) is 12.4 Å². The van der Waals surface area contributed by atoms with E-state index in [0.29, 0.717) is 6.61 Å². The van der Waals surface area contributed by atoms with E-state index in [1.54, 1.807) is 11.3 Å². The third-order valence-electron chi connectivity index (χ3n) is 2.97. The second-order valence-corrected chi connectivity index (χ2v) is 5.44. The zero-order valence-corrected chi connectivity index (χ0v) is 11.7. The highest BCUT2D eigenvalue weighted by Gasteiger charge is 2.03. The zero-order chi connectivity index (χ0) is 13.1. The van der Waals surface area contributed by atoms with Gasteiger partial charge in [0, 0.05) is 22.5 Å². The van der Waals surface area contributed by atoms with E-state index >= 15 is 0 Å². The second kappa shape index (κ2) is 5.45. The van der Waals surface area contributed by atoms with E-state index < -0.39 is 0 Å². The molecule has 0 amide bonds. The molecule has 0 saturated carbocycles. The molecule has 0 fully saturated rings. The number of H-pyrrole nitrogens is 1. The number of nitrogens with zero attached hydrogens (tertiary/aromatic N) is 1. The number of aryl methyl sites for hydroxylation is 1. The molecule has 2 aromatic heterocycles. The monoisotopic (exact) mass is 272 g/mol. The Bertz CT molecular complexity index is 671. The van der Waals surface area contributed by atoms with Crippen molar-refractivity contribution in [1.29, 1.82) is 0 Å². The predicted molar refractivity (Wildman–Crippen MR) is 78.7 cm³/mol. The molecular formula is C15H16N2OS. The first kappa shape index (κ1) is 12.2. The number of rotatable bonds is 5. The Kier molecular flexibility index (Phi) is 3.51. The standard InChI is InChI=1S/C15H16N2OS/c1-2-3-15-17-12(10-19-15)9-18-13-4-5-14-11(8-13)6-7-16-14/h4-8,10,16H,2-3,9H2,1H3. The Morgan fingerprint density at radius 3 is 3.16 bits per heavy atom. The third kappa shape index (κ3) is 2.79. The first-order valence-electron chi connectivity index (χ1n) is 6.48. The van der Waals surface area contributed by atoms with E-state index in [1.165, 1.54) is 10.4 Å². The number of nitrogens with one attached hydrogen (secondary N) is 1. The van der Waals surface area contributed by atoms with Crippen molar-refractivity contribution in [2.45, 2.75) is 26.4 Å². The summed E-state index contributed by atoms with van der Waals surface area (Å²) in [5.74, 6) is 0.886. The van der Waals surface area contributed by atoms with Crippen molar-refractivity contribution in [1.82, 2.24) is 9.97 Å². The fraction of sp³-hybridized carbons (Fsp3) is 0.267. The van der Waals surface area contributed by atoms with Crippen LogP contribution in [-0.4, -0.2) is 9.97 Å². The van der Waals surface area contributed by atoms with Gasteiger partial charge in [0.05, 0.1) is 10.7 Å². The Balaban J connectivity index is 1.67. The lowest BCUT2D eigenvalue weighted by Crippen LogP contribution is -1.96. The van der Waals surface area contributed by atoms with Crippen molar-refractivity contribution in [2.75, 3.05) is 0 Å². The van der Waals surface area contributed by atoms with Gasteiger partial charge in [-0.3, -0.25) is 0 Å². The van der Waals surface area contributed by atoms with Crippen molar-refractivity contribution in [3.63, 3.8) is 0 Å². The van der Waals surface area contributed by atoms with Gasteiger partial charge in [-0.05, 0) is 37.1 Å². The van der Waals surface area contributed by atoms with Crippen LogP contribution in [0, 0.1) is 0 Å². The van der Waals surface area contributed by atoms with E-state index in [2.05, 4.69) is 22.3 Å². The smallest absolute Gasteiger partial charge is 0.131 e. The molecule has 3 rings (SSSR count). The van der Waals surface area contributed by atoms with E-state index in [0.717, 1.165) is 29.8 Å². The van der Waals surface area contributed by atoms with Crippen molar-refractivity contribution in [2.24, 2.45) is 0 Å². The summed E-state index contributed by atoms with van der Waals surface area (Å²) in [7, 11) is 0.